The number of anilines is 3. The number of thioether (sulfide) groups is 1. The summed E-state index contributed by atoms with van der Waals surface area (Å²) < 4.78 is 1.86. The first-order chi connectivity index (χ1) is 14.2. The van der Waals surface area contributed by atoms with E-state index in [2.05, 4.69) is 43.1 Å². The molecule has 0 aliphatic carbocycles. The van der Waals surface area contributed by atoms with Crippen LogP contribution in [0.4, 0.5) is 17.5 Å². The van der Waals surface area contributed by atoms with Gasteiger partial charge in [0.1, 0.15) is 11.6 Å². The van der Waals surface area contributed by atoms with Gasteiger partial charge in [0, 0.05) is 49.4 Å². The van der Waals surface area contributed by atoms with E-state index in [1.807, 2.05) is 35.4 Å². The van der Waals surface area contributed by atoms with Gasteiger partial charge in [-0.1, -0.05) is 6.58 Å². The molecule has 9 heteroatoms. The summed E-state index contributed by atoms with van der Waals surface area (Å²) in [6.07, 6.45) is 5.64. The molecule has 29 heavy (non-hydrogen) atoms. The van der Waals surface area contributed by atoms with Crippen molar-refractivity contribution in [2.24, 2.45) is 5.73 Å². The maximum absolute atomic E-state index is 6.20. The van der Waals surface area contributed by atoms with Gasteiger partial charge in [0.25, 0.3) is 0 Å². The number of rotatable bonds is 6. The summed E-state index contributed by atoms with van der Waals surface area (Å²) in [7, 11) is 0. The van der Waals surface area contributed by atoms with Gasteiger partial charge in [0.2, 0.25) is 5.95 Å². The van der Waals surface area contributed by atoms with Crippen LogP contribution in [0, 0.1) is 6.92 Å². The number of hydrogen-bond acceptors (Lipinski definition) is 8. The highest BCUT2D eigenvalue weighted by atomic mass is 32.2. The van der Waals surface area contributed by atoms with Crippen LogP contribution >= 0.6 is 11.8 Å². The van der Waals surface area contributed by atoms with E-state index >= 15 is 0 Å². The van der Waals surface area contributed by atoms with Gasteiger partial charge in [-0.25, -0.2) is 9.97 Å². The molecule has 1 fully saturated rings. The summed E-state index contributed by atoms with van der Waals surface area (Å²) in [6, 6.07) is 4.02. The van der Waals surface area contributed by atoms with E-state index in [0.717, 1.165) is 48.5 Å². The lowest BCUT2D eigenvalue weighted by Crippen LogP contribution is -2.43. The Morgan fingerprint density at radius 1 is 1.28 bits per heavy atom. The molecule has 4 heterocycles. The van der Waals surface area contributed by atoms with Gasteiger partial charge in [-0.3, -0.25) is 4.57 Å². The number of fused-ring (bicyclic) bond motifs is 1. The highest BCUT2D eigenvalue weighted by Crippen LogP contribution is 2.24. The number of aromatic nitrogens is 4. The molecule has 1 saturated heterocycles. The number of aryl methyl sites for hydroxylation is 1. The first-order valence-corrected chi connectivity index (χ1v) is 10.4. The highest BCUT2D eigenvalue weighted by molar-refractivity contribution is 8.05. The third-order valence-corrected chi connectivity index (χ3v) is 5.35. The fraction of sp³-hybridized carbons (Fsp3) is 0.250. The SMILES string of the molecule is C=CS/C=C(\N)n1cc(C)c2cnc(Nc3ccc(N4CCNCC4)cn3)nc21. The number of nitrogens with one attached hydrogen (secondary N) is 2. The van der Waals surface area contributed by atoms with Gasteiger partial charge < -0.3 is 21.3 Å². The molecule has 4 rings (SSSR count). The van der Waals surface area contributed by atoms with Gasteiger partial charge in [-0.05, 0) is 30.0 Å². The first kappa shape index (κ1) is 19.3. The van der Waals surface area contributed by atoms with Gasteiger partial charge >= 0.3 is 0 Å². The van der Waals surface area contributed by atoms with Crippen molar-refractivity contribution in [3.05, 3.63) is 53.7 Å². The van der Waals surface area contributed by atoms with Crippen LogP contribution in [0.25, 0.3) is 16.9 Å². The Kier molecular flexibility index (Phi) is 5.68. The summed E-state index contributed by atoms with van der Waals surface area (Å²) in [5, 5.41) is 11.1. The first-order valence-electron chi connectivity index (χ1n) is 9.41. The molecule has 1 aliphatic heterocycles. The van der Waals surface area contributed by atoms with Crippen molar-refractivity contribution in [3.63, 3.8) is 0 Å². The maximum Gasteiger partial charge on any atom is 0.230 e. The molecule has 8 nitrogen and oxygen atoms in total. The van der Waals surface area contributed by atoms with Crippen molar-refractivity contribution in [1.82, 2.24) is 24.8 Å². The summed E-state index contributed by atoms with van der Waals surface area (Å²) in [6.45, 7) is 9.68. The van der Waals surface area contributed by atoms with Gasteiger partial charge in [-0.2, -0.15) is 4.98 Å². The molecule has 1 aliphatic rings. The quantitative estimate of drug-likeness (QED) is 0.573. The lowest BCUT2D eigenvalue weighted by Gasteiger charge is -2.29. The fourth-order valence-corrected chi connectivity index (χ4v) is 3.62. The monoisotopic (exact) mass is 408 g/mol. The lowest BCUT2D eigenvalue weighted by molar-refractivity contribution is 0.589. The molecule has 0 atom stereocenters. The second kappa shape index (κ2) is 8.54. The zero-order valence-corrected chi connectivity index (χ0v) is 17.1. The number of piperazine rings is 1. The van der Waals surface area contributed by atoms with Crippen LogP contribution in [-0.2, 0) is 0 Å². The molecule has 0 bridgehead atoms. The van der Waals surface area contributed by atoms with Crippen molar-refractivity contribution in [3.8, 4) is 0 Å². The standard InChI is InChI=1S/C20H24N8S/c1-3-29-13-17(21)28-12-14(2)16-11-24-20(26-19(16)28)25-18-5-4-15(10-23-18)27-8-6-22-7-9-27/h3-5,10-13,22H,1,6-9,21H2,2H3,(H,23,24,25,26)/b17-13+. The number of nitrogens with zero attached hydrogens (tertiary/aromatic N) is 5. The molecule has 3 aromatic heterocycles. The molecule has 0 unspecified atom stereocenters. The van der Waals surface area contributed by atoms with Crippen molar-refractivity contribution < 1.29 is 0 Å². The van der Waals surface area contributed by atoms with Gasteiger partial charge in [-0.15, -0.1) is 11.8 Å². The molecule has 0 amide bonds. The number of hydrogen-bond donors (Lipinski definition) is 3. The molecule has 3 aromatic rings. The molecule has 0 saturated carbocycles. The van der Waals surface area contributed by atoms with Gasteiger partial charge in [0.15, 0.2) is 5.65 Å². The van der Waals surface area contributed by atoms with Crippen LogP contribution in [0.5, 0.6) is 0 Å². The van der Waals surface area contributed by atoms with Crippen LogP contribution in [0.15, 0.2) is 48.1 Å². The summed E-state index contributed by atoms with van der Waals surface area (Å²) in [5.41, 5.74) is 9.13. The minimum Gasteiger partial charge on any atom is -0.384 e. The smallest absolute Gasteiger partial charge is 0.230 e. The zero-order chi connectivity index (χ0) is 20.2. The van der Waals surface area contributed by atoms with E-state index in [-0.39, 0.29) is 0 Å². The van der Waals surface area contributed by atoms with Crippen molar-refractivity contribution in [2.45, 2.75) is 6.92 Å². The Labute approximate surface area is 173 Å². The zero-order valence-electron chi connectivity index (χ0n) is 16.3. The second-order valence-corrected chi connectivity index (χ2v) is 7.56. The summed E-state index contributed by atoms with van der Waals surface area (Å²) >= 11 is 1.43. The molecule has 150 valence electrons. The van der Waals surface area contributed by atoms with Crippen molar-refractivity contribution >= 4 is 46.1 Å². The second-order valence-electron chi connectivity index (χ2n) is 6.72. The predicted molar refractivity (Wildman–Crippen MR) is 121 cm³/mol. The van der Waals surface area contributed by atoms with E-state index in [4.69, 9.17) is 5.73 Å². The van der Waals surface area contributed by atoms with E-state index in [0.29, 0.717) is 17.6 Å². The summed E-state index contributed by atoms with van der Waals surface area (Å²) in [5.74, 6) is 1.75. The molecule has 0 radical (unpaired) electrons. The topological polar surface area (TPSA) is 96.9 Å². The van der Waals surface area contributed by atoms with Crippen molar-refractivity contribution in [1.29, 1.82) is 0 Å². The molecule has 0 aromatic carbocycles. The fourth-order valence-electron chi connectivity index (χ4n) is 3.28. The lowest BCUT2D eigenvalue weighted by atomic mass is 10.3. The van der Waals surface area contributed by atoms with Crippen LogP contribution in [0.2, 0.25) is 0 Å². The van der Waals surface area contributed by atoms with Crippen LogP contribution in [0.1, 0.15) is 5.56 Å². The van der Waals surface area contributed by atoms with E-state index in [9.17, 15) is 0 Å². The third-order valence-electron chi connectivity index (χ3n) is 4.78. The Hall–Kier alpha value is -3.04. The van der Waals surface area contributed by atoms with E-state index in [1.165, 1.54) is 11.8 Å². The minimum atomic E-state index is 0.475. The van der Waals surface area contributed by atoms with Crippen molar-refractivity contribution in [2.75, 3.05) is 36.4 Å². The van der Waals surface area contributed by atoms with Crippen LogP contribution in [0.3, 0.4) is 0 Å². The number of pyridine rings is 1. The molecule has 0 spiro atoms. The molecular weight excluding hydrogens is 384 g/mol. The number of nitrogens with two attached hydrogens (primary N) is 1. The van der Waals surface area contributed by atoms with E-state index in [1.54, 1.807) is 11.6 Å². The largest absolute Gasteiger partial charge is 0.384 e. The Morgan fingerprint density at radius 2 is 2.10 bits per heavy atom. The average Bonchev–Trinajstić information content (AvgIpc) is 3.09. The molecular formula is C20H24N8S. The minimum absolute atomic E-state index is 0.475. The van der Waals surface area contributed by atoms with Gasteiger partial charge in [0.05, 0.1) is 11.9 Å². The highest BCUT2D eigenvalue weighted by Gasteiger charge is 2.13. The molecule has 4 N–H and O–H groups in total. The maximum atomic E-state index is 6.20. The Balaban J connectivity index is 1.57. The third kappa shape index (κ3) is 4.20. The summed E-state index contributed by atoms with van der Waals surface area (Å²) in [4.78, 5) is 15.9. The van der Waals surface area contributed by atoms with Crippen LogP contribution in [-0.4, -0.2) is 45.7 Å². The normalized spacial score (nSPS) is 14.9. The Bertz CT molecular complexity index is 1030. The predicted octanol–water partition coefficient (Wildman–Crippen LogP) is 2.88. The Morgan fingerprint density at radius 3 is 2.83 bits per heavy atom. The van der Waals surface area contributed by atoms with E-state index < -0.39 is 0 Å². The van der Waals surface area contributed by atoms with Crippen LogP contribution < -0.4 is 21.3 Å². The average molecular weight is 409 g/mol.